The van der Waals surface area contributed by atoms with Crippen molar-refractivity contribution in [1.82, 2.24) is 15.5 Å². The van der Waals surface area contributed by atoms with Gasteiger partial charge in [0.2, 0.25) is 11.8 Å². The molecule has 0 aromatic carbocycles. The number of hydrogen-bond donors (Lipinski definition) is 1. The Labute approximate surface area is 112 Å². The minimum absolute atomic E-state index is 0.0548. The van der Waals surface area contributed by atoms with Gasteiger partial charge in [-0.15, -0.1) is 0 Å². The summed E-state index contributed by atoms with van der Waals surface area (Å²) in [5.74, 6) is 1.28. The zero-order chi connectivity index (χ0) is 13.7. The largest absolute Gasteiger partial charge is 0.376 e. The maximum Gasteiger partial charge on any atom is 0.226 e. The molecule has 0 radical (unpaired) electrons. The van der Waals surface area contributed by atoms with E-state index in [-0.39, 0.29) is 18.1 Å². The fraction of sp³-hybridized carbons (Fsp3) is 0.769. The van der Waals surface area contributed by atoms with E-state index in [0.29, 0.717) is 31.0 Å². The number of amides is 1. The van der Waals surface area contributed by atoms with E-state index >= 15 is 0 Å². The van der Waals surface area contributed by atoms with Crippen LogP contribution < -0.4 is 5.32 Å². The SMILES string of the molecule is Cc1noc(CCCC(=O)N[C@H](C)[C@@H]2CCCO2)n1. The van der Waals surface area contributed by atoms with Gasteiger partial charge in [0.05, 0.1) is 12.1 Å². The lowest BCUT2D eigenvalue weighted by Gasteiger charge is -2.19. The Kier molecular flexibility index (Phi) is 4.90. The van der Waals surface area contributed by atoms with Crippen LogP contribution in [-0.4, -0.2) is 34.8 Å². The lowest BCUT2D eigenvalue weighted by Crippen LogP contribution is -2.40. The fourth-order valence-corrected chi connectivity index (χ4v) is 2.26. The van der Waals surface area contributed by atoms with Gasteiger partial charge in [0.15, 0.2) is 5.82 Å². The van der Waals surface area contributed by atoms with Crippen LogP contribution in [0.3, 0.4) is 0 Å². The fourth-order valence-electron chi connectivity index (χ4n) is 2.26. The van der Waals surface area contributed by atoms with Crippen molar-refractivity contribution in [3.05, 3.63) is 11.7 Å². The molecule has 2 heterocycles. The standard InChI is InChI=1S/C13H21N3O3/c1-9(11-5-4-8-18-11)14-12(17)6-3-7-13-15-10(2)16-19-13/h9,11H,3-8H2,1-2H3,(H,14,17)/t9-,11+/m1/s1. The average Bonchev–Trinajstić information content (AvgIpc) is 3.00. The van der Waals surface area contributed by atoms with E-state index in [1.54, 1.807) is 6.92 Å². The Bertz CT molecular complexity index is 413. The predicted molar refractivity (Wildman–Crippen MR) is 68.6 cm³/mol. The monoisotopic (exact) mass is 267 g/mol. The highest BCUT2D eigenvalue weighted by atomic mass is 16.5. The first-order chi connectivity index (χ1) is 9.15. The van der Waals surface area contributed by atoms with Crippen LogP contribution in [0, 0.1) is 6.92 Å². The maximum absolute atomic E-state index is 11.8. The summed E-state index contributed by atoms with van der Waals surface area (Å²) in [6.45, 7) is 4.58. The van der Waals surface area contributed by atoms with E-state index in [1.165, 1.54) is 0 Å². The summed E-state index contributed by atoms with van der Waals surface area (Å²) < 4.78 is 10.5. The number of nitrogens with one attached hydrogen (secondary N) is 1. The minimum atomic E-state index is 0.0548. The zero-order valence-electron chi connectivity index (χ0n) is 11.5. The molecule has 1 saturated heterocycles. The highest BCUT2D eigenvalue weighted by Gasteiger charge is 2.23. The lowest BCUT2D eigenvalue weighted by atomic mass is 10.1. The Morgan fingerprint density at radius 2 is 2.42 bits per heavy atom. The van der Waals surface area contributed by atoms with Crippen LogP contribution in [0.1, 0.15) is 44.3 Å². The molecular formula is C13H21N3O3. The van der Waals surface area contributed by atoms with Crippen LogP contribution in [0.25, 0.3) is 0 Å². The van der Waals surface area contributed by atoms with Gasteiger partial charge in [0.25, 0.3) is 0 Å². The number of hydrogen-bond acceptors (Lipinski definition) is 5. The molecule has 0 saturated carbocycles. The molecule has 1 aromatic rings. The second-order valence-electron chi connectivity index (χ2n) is 5.00. The number of carbonyl (C=O) groups excluding carboxylic acids is 1. The molecule has 1 aliphatic heterocycles. The van der Waals surface area contributed by atoms with E-state index in [9.17, 15) is 4.79 Å². The van der Waals surface area contributed by atoms with Crippen LogP contribution >= 0.6 is 0 Å². The summed E-state index contributed by atoms with van der Waals surface area (Å²) in [6, 6.07) is 0.0839. The lowest BCUT2D eigenvalue weighted by molar-refractivity contribution is -0.122. The van der Waals surface area contributed by atoms with Gasteiger partial charge in [-0.05, 0) is 33.1 Å². The Hall–Kier alpha value is -1.43. The summed E-state index contributed by atoms with van der Waals surface area (Å²) in [6.07, 6.45) is 4.11. The van der Waals surface area contributed by atoms with Crippen molar-refractivity contribution >= 4 is 5.91 Å². The molecule has 1 aromatic heterocycles. The third-order valence-corrected chi connectivity index (χ3v) is 3.28. The van der Waals surface area contributed by atoms with E-state index < -0.39 is 0 Å². The quantitative estimate of drug-likeness (QED) is 0.842. The number of aryl methyl sites for hydroxylation is 2. The second-order valence-corrected chi connectivity index (χ2v) is 5.00. The van der Waals surface area contributed by atoms with Crippen molar-refractivity contribution in [3.63, 3.8) is 0 Å². The highest BCUT2D eigenvalue weighted by Crippen LogP contribution is 2.15. The van der Waals surface area contributed by atoms with E-state index in [4.69, 9.17) is 9.26 Å². The first-order valence-electron chi connectivity index (χ1n) is 6.85. The Morgan fingerprint density at radius 1 is 1.58 bits per heavy atom. The molecule has 1 fully saturated rings. The van der Waals surface area contributed by atoms with E-state index in [0.717, 1.165) is 19.4 Å². The molecule has 106 valence electrons. The summed E-state index contributed by atoms with van der Waals surface area (Å²) >= 11 is 0. The van der Waals surface area contributed by atoms with Gasteiger partial charge in [-0.1, -0.05) is 5.16 Å². The molecule has 0 spiro atoms. The number of nitrogens with zero attached hydrogens (tertiary/aromatic N) is 2. The Morgan fingerprint density at radius 3 is 3.05 bits per heavy atom. The molecule has 0 bridgehead atoms. The van der Waals surface area contributed by atoms with Crippen molar-refractivity contribution in [3.8, 4) is 0 Å². The van der Waals surface area contributed by atoms with Crippen LogP contribution in [0.2, 0.25) is 0 Å². The first kappa shape index (κ1) is 14.0. The molecule has 6 nitrogen and oxygen atoms in total. The number of aromatic nitrogens is 2. The number of ether oxygens (including phenoxy) is 1. The molecule has 2 atom stereocenters. The van der Waals surface area contributed by atoms with Crippen molar-refractivity contribution in [1.29, 1.82) is 0 Å². The van der Waals surface area contributed by atoms with Gasteiger partial charge in [0.1, 0.15) is 0 Å². The molecule has 6 heteroatoms. The van der Waals surface area contributed by atoms with Crippen LogP contribution in [0.15, 0.2) is 4.52 Å². The molecule has 0 aliphatic carbocycles. The van der Waals surface area contributed by atoms with Crippen molar-refractivity contribution in [2.75, 3.05) is 6.61 Å². The third-order valence-electron chi connectivity index (χ3n) is 3.28. The van der Waals surface area contributed by atoms with Gasteiger partial charge in [0, 0.05) is 19.4 Å². The minimum Gasteiger partial charge on any atom is -0.376 e. The molecule has 19 heavy (non-hydrogen) atoms. The molecule has 1 N–H and O–H groups in total. The van der Waals surface area contributed by atoms with Gasteiger partial charge in [-0.2, -0.15) is 4.98 Å². The van der Waals surface area contributed by atoms with Gasteiger partial charge in [-0.3, -0.25) is 4.79 Å². The molecule has 1 amide bonds. The molecule has 1 aliphatic rings. The van der Waals surface area contributed by atoms with Crippen molar-refractivity contribution < 1.29 is 14.1 Å². The zero-order valence-corrected chi connectivity index (χ0v) is 11.5. The van der Waals surface area contributed by atoms with Gasteiger partial charge < -0.3 is 14.6 Å². The third kappa shape index (κ3) is 4.31. The molecule has 0 unspecified atom stereocenters. The summed E-state index contributed by atoms with van der Waals surface area (Å²) in [5, 5.41) is 6.69. The first-order valence-corrected chi connectivity index (χ1v) is 6.85. The molecule has 2 rings (SSSR count). The average molecular weight is 267 g/mol. The predicted octanol–water partition coefficient (Wildman–Crippen LogP) is 1.38. The van der Waals surface area contributed by atoms with E-state index in [1.807, 2.05) is 6.92 Å². The second kappa shape index (κ2) is 6.65. The van der Waals surface area contributed by atoms with Crippen LogP contribution in [-0.2, 0) is 16.0 Å². The summed E-state index contributed by atoms with van der Waals surface area (Å²) in [5.41, 5.74) is 0. The van der Waals surface area contributed by atoms with Gasteiger partial charge >= 0.3 is 0 Å². The molecular weight excluding hydrogens is 246 g/mol. The number of rotatable bonds is 6. The normalized spacial score (nSPS) is 20.4. The summed E-state index contributed by atoms with van der Waals surface area (Å²) in [4.78, 5) is 15.9. The van der Waals surface area contributed by atoms with Crippen LogP contribution in [0.4, 0.5) is 0 Å². The van der Waals surface area contributed by atoms with Crippen molar-refractivity contribution in [2.45, 2.75) is 58.1 Å². The topological polar surface area (TPSA) is 77.2 Å². The highest BCUT2D eigenvalue weighted by molar-refractivity contribution is 5.76. The maximum atomic E-state index is 11.8. The van der Waals surface area contributed by atoms with Gasteiger partial charge in [-0.25, -0.2) is 0 Å². The van der Waals surface area contributed by atoms with Crippen LogP contribution in [0.5, 0.6) is 0 Å². The smallest absolute Gasteiger partial charge is 0.226 e. The summed E-state index contributed by atoms with van der Waals surface area (Å²) in [7, 11) is 0. The number of carbonyl (C=O) groups is 1. The Balaban J connectivity index is 1.64. The van der Waals surface area contributed by atoms with Crippen molar-refractivity contribution in [2.24, 2.45) is 0 Å². The van der Waals surface area contributed by atoms with E-state index in [2.05, 4.69) is 15.5 Å².